The van der Waals surface area contributed by atoms with Crippen molar-refractivity contribution in [2.75, 3.05) is 0 Å². The van der Waals surface area contributed by atoms with Crippen molar-refractivity contribution in [3.05, 3.63) is 89.0 Å². The number of rotatable bonds is 3. The number of hydrogen-bond donors (Lipinski definition) is 1. The van der Waals surface area contributed by atoms with E-state index in [0.717, 1.165) is 21.9 Å². The van der Waals surface area contributed by atoms with E-state index in [1.54, 1.807) is 12.1 Å². The van der Waals surface area contributed by atoms with Gasteiger partial charge in [0.05, 0.1) is 5.56 Å². The van der Waals surface area contributed by atoms with Crippen LogP contribution in [0, 0.1) is 0 Å². The minimum absolute atomic E-state index is 0.354. The third kappa shape index (κ3) is 2.68. The van der Waals surface area contributed by atoms with Crippen LogP contribution in [-0.4, -0.2) is 11.9 Å². The first kappa shape index (κ1) is 15.1. The molecular weight excluding hydrogens is 314 g/mol. The molecule has 0 bridgehead atoms. The largest absolute Gasteiger partial charge is 0.450 e. The Bertz CT molecular complexity index is 1010. The Morgan fingerprint density at radius 2 is 1.56 bits per heavy atom. The van der Waals surface area contributed by atoms with Gasteiger partial charge in [-0.15, -0.1) is 0 Å². The van der Waals surface area contributed by atoms with Gasteiger partial charge in [-0.05, 0) is 46.7 Å². The maximum atomic E-state index is 12.5. The first-order valence-electron chi connectivity index (χ1n) is 7.94. The predicted molar refractivity (Wildman–Crippen MR) is 96.1 cm³/mol. The average Bonchev–Trinajstić information content (AvgIpc) is 2.64. The highest BCUT2D eigenvalue weighted by Crippen LogP contribution is 2.35. The summed E-state index contributed by atoms with van der Waals surface area (Å²) in [6.07, 6.45) is 3.41. The quantitative estimate of drug-likeness (QED) is 0.742. The summed E-state index contributed by atoms with van der Waals surface area (Å²) in [7, 11) is 0. The lowest BCUT2D eigenvalue weighted by Crippen LogP contribution is -2.14. The van der Waals surface area contributed by atoms with Crippen LogP contribution < -0.4 is 5.73 Å². The molecule has 122 valence electrons. The molecule has 0 saturated carbocycles. The van der Waals surface area contributed by atoms with Crippen LogP contribution in [0.5, 0.6) is 0 Å². The number of amides is 1. The van der Waals surface area contributed by atoms with Crippen molar-refractivity contribution in [1.82, 2.24) is 0 Å². The molecule has 0 aromatic heterocycles. The van der Waals surface area contributed by atoms with Gasteiger partial charge in [0.1, 0.15) is 6.10 Å². The lowest BCUT2D eigenvalue weighted by Gasteiger charge is -2.21. The van der Waals surface area contributed by atoms with Crippen LogP contribution in [0.4, 0.5) is 0 Å². The monoisotopic (exact) mass is 329 g/mol. The van der Waals surface area contributed by atoms with Crippen LogP contribution in [0.3, 0.4) is 0 Å². The zero-order valence-corrected chi connectivity index (χ0v) is 13.3. The van der Waals surface area contributed by atoms with Crippen molar-refractivity contribution in [3.8, 4) is 0 Å². The lowest BCUT2D eigenvalue weighted by molar-refractivity contribution is 0.0394. The van der Waals surface area contributed by atoms with Gasteiger partial charge in [-0.1, -0.05) is 42.5 Å². The third-order valence-corrected chi connectivity index (χ3v) is 4.37. The van der Waals surface area contributed by atoms with Crippen molar-refractivity contribution in [1.29, 1.82) is 0 Å². The topological polar surface area (TPSA) is 69.4 Å². The maximum absolute atomic E-state index is 12.5. The van der Waals surface area contributed by atoms with E-state index in [0.29, 0.717) is 11.1 Å². The van der Waals surface area contributed by atoms with E-state index >= 15 is 0 Å². The Hall–Kier alpha value is -3.40. The fraction of sp³-hybridized carbons (Fsp3) is 0.0476. The second-order valence-electron chi connectivity index (χ2n) is 5.92. The molecule has 0 heterocycles. The van der Waals surface area contributed by atoms with Crippen molar-refractivity contribution in [2.45, 2.75) is 6.10 Å². The highest BCUT2D eigenvalue weighted by molar-refractivity contribution is 5.97. The number of ether oxygens (including phenoxy) is 1. The van der Waals surface area contributed by atoms with Crippen LogP contribution in [0.15, 0.2) is 66.7 Å². The van der Waals surface area contributed by atoms with Crippen molar-refractivity contribution >= 4 is 28.7 Å². The molecule has 1 unspecified atom stereocenters. The van der Waals surface area contributed by atoms with Crippen molar-refractivity contribution in [2.24, 2.45) is 5.73 Å². The second kappa shape index (κ2) is 5.91. The van der Waals surface area contributed by atoms with Crippen LogP contribution in [0.1, 0.15) is 37.9 Å². The number of carbonyl (C=O) groups is 2. The molecule has 3 aromatic carbocycles. The van der Waals surface area contributed by atoms with Crippen LogP contribution in [0.2, 0.25) is 0 Å². The smallest absolute Gasteiger partial charge is 0.339 e. The molecule has 4 rings (SSSR count). The number of esters is 1. The van der Waals surface area contributed by atoms with E-state index in [9.17, 15) is 9.59 Å². The van der Waals surface area contributed by atoms with Gasteiger partial charge in [0.25, 0.3) is 0 Å². The summed E-state index contributed by atoms with van der Waals surface area (Å²) in [6, 6.07) is 18.2. The van der Waals surface area contributed by atoms with Crippen LogP contribution >= 0.6 is 0 Å². The summed E-state index contributed by atoms with van der Waals surface area (Å²) in [6.45, 7) is 0. The van der Waals surface area contributed by atoms with Crippen LogP contribution in [0.25, 0.3) is 16.8 Å². The molecule has 0 radical (unpaired) electrons. The van der Waals surface area contributed by atoms with Gasteiger partial charge < -0.3 is 10.5 Å². The Morgan fingerprint density at radius 1 is 0.880 bits per heavy atom. The molecule has 4 nitrogen and oxygen atoms in total. The molecule has 1 aliphatic rings. The number of hydrogen-bond acceptors (Lipinski definition) is 3. The summed E-state index contributed by atoms with van der Waals surface area (Å²) in [4.78, 5) is 23.6. The summed E-state index contributed by atoms with van der Waals surface area (Å²) in [5.74, 6) is -0.972. The van der Waals surface area contributed by atoms with E-state index in [2.05, 4.69) is 0 Å². The molecular formula is C21H15NO3. The number of primary amides is 1. The Labute approximate surface area is 144 Å². The second-order valence-corrected chi connectivity index (χ2v) is 5.92. The predicted octanol–water partition coefficient (Wildman–Crippen LogP) is 3.86. The normalized spacial score (nSPS) is 15.1. The maximum Gasteiger partial charge on any atom is 0.339 e. The molecule has 4 heteroatoms. The van der Waals surface area contributed by atoms with Gasteiger partial charge in [-0.25, -0.2) is 4.79 Å². The van der Waals surface area contributed by atoms with Gasteiger partial charge in [-0.3, -0.25) is 4.79 Å². The highest BCUT2D eigenvalue weighted by Gasteiger charge is 2.21. The number of nitrogens with two attached hydrogens (primary N) is 1. The van der Waals surface area contributed by atoms with Crippen LogP contribution in [-0.2, 0) is 4.74 Å². The molecule has 1 amide bonds. The van der Waals surface area contributed by atoms with Crippen molar-refractivity contribution in [3.63, 3.8) is 0 Å². The Morgan fingerprint density at radius 3 is 2.28 bits per heavy atom. The number of benzene rings is 3. The van der Waals surface area contributed by atoms with E-state index in [-0.39, 0.29) is 0 Å². The molecule has 0 spiro atoms. The molecule has 0 saturated heterocycles. The van der Waals surface area contributed by atoms with E-state index in [1.165, 1.54) is 12.1 Å². The van der Waals surface area contributed by atoms with E-state index in [1.807, 2.05) is 48.6 Å². The third-order valence-electron chi connectivity index (χ3n) is 4.37. The number of carbonyl (C=O) groups excluding carboxylic acids is 2. The minimum Gasteiger partial charge on any atom is -0.450 e. The molecule has 1 aliphatic carbocycles. The SMILES string of the molecule is NC(=O)c1ccc(C(=O)OC2C=Cc3cccc4cccc2c34)cc1. The molecule has 1 atom stereocenters. The molecule has 0 aliphatic heterocycles. The summed E-state index contributed by atoms with van der Waals surface area (Å²) >= 11 is 0. The highest BCUT2D eigenvalue weighted by atomic mass is 16.5. The fourth-order valence-electron chi connectivity index (χ4n) is 3.13. The molecule has 2 N–H and O–H groups in total. The molecule has 3 aromatic rings. The van der Waals surface area contributed by atoms with Gasteiger partial charge in [0.2, 0.25) is 5.91 Å². The Kier molecular flexibility index (Phi) is 3.58. The standard InChI is InChI=1S/C21H15NO3/c22-20(23)15-7-9-16(10-8-15)21(24)25-18-12-11-14-4-1-3-13-5-2-6-17(18)19(13)14/h1-12,18H,(H2,22,23). The summed E-state index contributed by atoms with van der Waals surface area (Å²) < 4.78 is 5.68. The lowest BCUT2D eigenvalue weighted by atomic mass is 9.91. The summed E-state index contributed by atoms with van der Waals surface area (Å²) in [5, 5.41) is 2.22. The van der Waals surface area contributed by atoms with E-state index in [4.69, 9.17) is 10.5 Å². The van der Waals surface area contributed by atoms with Crippen molar-refractivity contribution < 1.29 is 14.3 Å². The van der Waals surface area contributed by atoms with E-state index < -0.39 is 18.0 Å². The van der Waals surface area contributed by atoms with Gasteiger partial charge in [0.15, 0.2) is 0 Å². The first-order valence-corrected chi connectivity index (χ1v) is 7.94. The molecule has 25 heavy (non-hydrogen) atoms. The fourth-order valence-corrected chi connectivity index (χ4v) is 3.13. The van der Waals surface area contributed by atoms with Gasteiger partial charge >= 0.3 is 5.97 Å². The average molecular weight is 329 g/mol. The Balaban J connectivity index is 1.64. The van der Waals surface area contributed by atoms with Gasteiger partial charge in [0, 0.05) is 11.1 Å². The molecule has 0 fully saturated rings. The first-order chi connectivity index (χ1) is 12.1. The van der Waals surface area contributed by atoms with Gasteiger partial charge in [-0.2, -0.15) is 0 Å². The summed E-state index contributed by atoms with van der Waals surface area (Å²) in [5.41, 5.74) is 8.03. The zero-order valence-electron chi connectivity index (χ0n) is 13.3. The zero-order chi connectivity index (χ0) is 17.4. The minimum atomic E-state index is -0.529.